The van der Waals surface area contributed by atoms with Crippen LogP contribution in [0.3, 0.4) is 0 Å². The Morgan fingerprint density at radius 2 is 1.67 bits per heavy atom. The molecule has 0 nitrogen and oxygen atoms in total. The van der Waals surface area contributed by atoms with Gasteiger partial charge in [0.25, 0.3) is 0 Å². The van der Waals surface area contributed by atoms with E-state index in [4.69, 9.17) is 11.1 Å². The Morgan fingerprint density at radius 1 is 1.13 bits per heavy atom. The topological polar surface area (TPSA) is 0 Å². The lowest BCUT2D eigenvalue weighted by molar-refractivity contribution is 0.872. The lowest BCUT2D eigenvalue weighted by atomic mass is 10.0. The van der Waals surface area contributed by atoms with E-state index in [1.54, 1.807) is 0 Å². The first kappa shape index (κ1) is 12.8. The highest BCUT2D eigenvalue weighted by atomic mass is 35.6. The molecule has 0 spiro atoms. The minimum absolute atomic E-state index is 0.574. The molecule has 0 unspecified atom stereocenters. The van der Waals surface area contributed by atoms with E-state index in [2.05, 4.69) is 52.0 Å². The molecule has 0 atom stereocenters. The van der Waals surface area contributed by atoms with Crippen LogP contribution in [0.1, 0.15) is 39.2 Å². The minimum atomic E-state index is -1.71. The fraction of sp³-hybridized carbons (Fsp3) is 0.538. The molecule has 0 saturated heterocycles. The third-order valence-corrected chi connectivity index (χ3v) is 9.06. The lowest BCUT2D eigenvalue weighted by Crippen LogP contribution is -2.43. The molecule has 0 N–H and O–H groups in total. The van der Waals surface area contributed by atoms with Crippen molar-refractivity contribution in [2.24, 2.45) is 0 Å². The Hall–Kier alpha value is -0.273. The van der Waals surface area contributed by atoms with Crippen molar-refractivity contribution in [3.05, 3.63) is 29.8 Å². The molecule has 15 heavy (non-hydrogen) atoms. The average molecular weight is 241 g/mol. The summed E-state index contributed by atoms with van der Waals surface area (Å²) in [6, 6.07) is 11.0. The summed E-state index contributed by atoms with van der Waals surface area (Å²) in [5.41, 5.74) is 1.45. The van der Waals surface area contributed by atoms with Gasteiger partial charge in [-0.05, 0) is 28.8 Å². The summed E-state index contributed by atoms with van der Waals surface area (Å²) in [5, 5.41) is 1.45. The maximum absolute atomic E-state index is 6.82. The van der Waals surface area contributed by atoms with Crippen molar-refractivity contribution in [2.45, 2.75) is 45.7 Å². The number of hydrogen-bond acceptors (Lipinski definition) is 0. The van der Waals surface area contributed by atoms with Gasteiger partial charge in [0, 0.05) is 0 Å². The van der Waals surface area contributed by atoms with Gasteiger partial charge in [0.05, 0.1) is 0 Å². The van der Waals surface area contributed by atoms with Crippen LogP contribution in [0.15, 0.2) is 24.3 Å². The van der Waals surface area contributed by atoms with E-state index in [0.717, 1.165) is 12.1 Å². The first-order valence-electron chi connectivity index (χ1n) is 5.83. The molecular formula is C13H21ClSi. The highest BCUT2D eigenvalue weighted by Crippen LogP contribution is 2.24. The summed E-state index contributed by atoms with van der Waals surface area (Å²) in [6.07, 6.45) is 0. The molecule has 1 aromatic rings. The van der Waals surface area contributed by atoms with Crippen LogP contribution < -0.4 is 5.19 Å². The molecule has 1 rings (SSSR count). The first-order valence-corrected chi connectivity index (χ1v) is 9.26. The molecular weight excluding hydrogens is 220 g/mol. The standard InChI is InChI=1S/C13H21ClSi/c1-5-15(14,6-2)13-10-8-7-9-12(13)11(3)4/h7-11H,5-6H2,1-4H3. The van der Waals surface area contributed by atoms with Crippen molar-refractivity contribution in [1.29, 1.82) is 0 Å². The summed E-state index contributed by atoms with van der Waals surface area (Å²) in [6.45, 7) is 8.94. The highest BCUT2D eigenvalue weighted by molar-refractivity contribution is 7.27. The monoisotopic (exact) mass is 240 g/mol. The van der Waals surface area contributed by atoms with E-state index in [9.17, 15) is 0 Å². The van der Waals surface area contributed by atoms with Crippen molar-refractivity contribution in [2.75, 3.05) is 0 Å². The van der Waals surface area contributed by atoms with Crippen LogP contribution in [0, 0.1) is 0 Å². The minimum Gasteiger partial charge on any atom is -0.161 e. The number of benzene rings is 1. The number of rotatable bonds is 4. The summed E-state index contributed by atoms with van der Waals surface area (Å²) in [7, 11) is -1.71. The second-order valence-corrected chi connectivity index (χ2v) is 10.5. The SMILES string of the molecule is CC[Si](Cl)(CC)c1ccccc1C(C)C. The molecule has 0 heterocycles. The molecule has 0 saturated carbocycles. The van der Waals surface area contributed by atoms with Crippen molar-refractivity contribution in [1.82, 2.24) is 0 Å². The second kappa shape index (κ2) is 5.18. The summed E-state index contributed by atoms with van der Waals surface area (Å²) in [4.78, 5) is 0. The van der Waals surface area contributed by atoms with Gasteiger partial charge in [-0.2, -0.15) is 11.1 Å². The van der Waals surface area contributed by atoms with Gasteiger partial charge in [-0.1, -0.05) is 52.0 Å². The predicted molar refractivity (Wildman–Crippen MR) is 72.7 cm³/mol. The summed E-state index contributed by atoms with van der Waals surface area (Å²) >= 11 is 6.82. The molecule has 0 radical (unpaired) electrons. The van der Waals surface area contributed by atoms with Crippen molar-refractivity contribution >= 4 is 23.6 Å². The number of hydrogen-bond donors (Lipinski definition) is 0. The molecule has 2 heteroatoms. The van der Waals surface area contributed by atoms with Gasteiger partial charge in [0.2, 0.25) is 0 Å². The summed E-state index contributed by atoms with van der Waals surface area (Å²) in [5.74, 6) is 0.574. The van der Waals surface area contributed by atoms with Crippen LogP contribution in [-0.4, -0.2) is 7.38 Å². The van der Waals surface area contributed by atoms with Crippen LogP contribution in [0.5, 0.6) is 0 Å². The fourth-order valence-corrected chi connectivity index (χ4v) is 5.10. The average Bonchev–Trinajstić information content (AvgIpc) is 2.28. The predicted octanol–water partition coefficient (Wildman–Crippen LogP) is 4.24. The first-order chi connectivity index (χ1) is 7.05. The van der Waals surface area contributed by atoms with Crippen LogP contribution in [-0.2, 0) is 0 Å². The van der Waals surface area contributed by atoms with E-state index in [-0.39, 0.29) is 0 Å². The third-order valence-electron chi connectivity index (χ3n) is 3.19. The molecule has 1 aromatic carbocycles. The summed E-state index contributed by atoms with van der Waals surface area (Å²) < 4.78 is 0. The maximum atomic E-state index is 6.82. The Labute approximate surface area is 99.4 Å². The third kappa shape index (κ3) is 2.64. The second-order valence-electron chi connectivity index (χ2n) is 4.41. The van der Waals surface area contributed by atoms with Crippen LogP contribution in [0.25, 0.3) is 0 Å². The maximum Gasteiger partial charge on any atom is 0.186 e. The largest absolute Gasteiger partial charge is 0.186 e. The fourth-order valence-electron chi connectivity index (χ4n) is 2.04. The Bertz CT molecular complexity index is 316. The molecule has 0 amide bonds. The quantitative estimate of drug-likeness (QED) is 0.546. The Kier molecular flexibility index (Phi) is 4.41. The molecule has 0 aliphatic carbocycles. The molecule has 0 fully saturated rings. The van der Waals surface area contributed by atoms with Crippen LogP contribution >= 0.6 is 11.1 Å². The van der Waals surface area contributed by atoms with Gasteiger partial charge >= 0.3 is 0 Å². The van der Waals surface area contributed by atoms with Crippen molar-refractivity contribution in [3.8, 4) is 0 Å². The lowest BCUT2D eigenvalue weighted by Gasteiger charge is -2.26. The van der Waals surface area contributed by atoms with Gasteiger partial charge in [0.15, 0.2) is 7.38 Å². The molecule has 0 aliphatic rings. The van der Waals surface area contributed by atoms with Crippen LogP contribution in [0.2, 0.25) is 12.1 Å². The van der Waals surface area contributed by atoms with E-state index >= 15 is 0 Å². The van der Waals surface area contributed by atoms with Crippen molar-refractivity contribution in [3.63, 3.8) is 0 Å². The zero-order valence-corrected chi connectivity index (χ0v) is 11.9. The normalized spacial score (nSPS) is 12.1. The van der Waals surface area contributed by atoms with Gasteiger partial charge in [0.1, 0.15) is 0 Å². The van der Waals surface area contributed by atoms with E-state index in [0.29, 0.717) is 5.92 Å². The molecule has 0 aliphatic heterocycles. The Morgan fingerprint density at radius 3 is 2.13 bits per heavy atom. The number of halogens is 1. The van der Waals surface area contributed by atoms with Gasteiger partial charge < -0.3 is 0 Å². The van der Waals surface area contributed by atoms with Gasteiger partial charge in [-0.15, -0.1) is 0 Å². The molecule has 84 valence electrons. The zero-order valence-electron chi connectivity index (χ0n) is 10.2. The smallest absolute Gasteiger partial charge is 0.161 e. The zero-order chi connectivity index (χ0) is 11.5. The Balaban J connectivity index is 3.23. The van der Waals surface area contributed by atoms with E-state index in [1.165, 1.54) is 10.8 Å². The van der Waals surface area contributed by atoms with Gasteiger partial charge in [-0.3, -0.25) is 0 Å². The molecule has 0 bridgehead atoms. The van der Waals surface area contributed by atoms with Crippen molar-refractivity contribution < 1.29 is 0 Å². The highest BCUT2D eigenvalue weighted by Gasteiger charge is 2.31. The van der Waals surface area contributed by atoms with Crippen LogP contribution in [0.4, 0.5) is 0 Å². The van der Waals surface area contributed by atoms with E-state index < -0.39 is 7.38 Å². The molecule has 0 aromatic heterocycles. The van der Waals surface area contributed by atoms with Gasteiger partial charge in [-0.25, -0.2) is 0 Å². The van der Waals surface area contributed by atoms with E-state index in [1.807, 2.05) is 0 Å².